The number of methoxy groups -OCH3 is 2. The molecular weight excluding hydrogens is 320 g/mol. The van der Waals surface area contributed by atoms with Crippen LogP contribution in [0.4, 0.5) is 4.79 Å². The molecule has 0 bridgehead atoms. The predicted molar refractivity (Wildman–Crippen MR) is 95.6 cm³/mol. The van der Waals surface area contributed by atoms with Gasteiger partial charge in [0.25, 0.3) is 0 Å². The molecule has 6 nitrogen and oxygen atoms in total. The van der Waals surface area contributed by atoms with E-state index in [9.17, 15) is 4.79 Å². The Kier molecular flexibility index (Phi) is 5.42. The topological polar surface area (TPSA) is 51.2 Å². The molecule has 142 valence electrons. The van der Waals surface area contributed by atoms with Gasteiger partial charge >= 0.3 is 6.09 Å². The van der Waals surface area contributed by atoms with Gasteiger partial charge in [0.05, 0.1) is 13.1 Å². The van der Waals surface area contributed by atoms with E-state index in [1.807, 2.05) is 0 Å². The van der Waals surface area contributed by atoms with Gasteiger partial charge in [-0.1, -0.05) is 26.0 Å². The van der Waals surface area contributed by atoms with Gasteiger partial charge in [0.2, 0.25) is 0 Å². The van der Waals surface area contributed by atoms with Gasteiger partial charge in [-0.25, -0.2) is 4.79 Å². The van der Waals surface area contributed by atoms with Gasteiger partial charge in [-0.3, -0.25) is 4.90 Å². The maximum absolute atomic E-state index is 12.5. The molecule has 0 saturated carbocycles. The Hall–Kier alpha value is -1.11. The minimum Gasteiger partial charge on any atom is -0.448 e. The van der Waals surface area contributed by atoms with E-state index in [1.165, 1.54) is 5.57 Å². The summed E-state index contributed by atoms with van der Waals surface area (Å²) in [4.78, 5) is 16.7. The third-order valence-corrected chi connectivity index (χ3v) is 6.43. The molecule has 3 heterocycles. The highest BCUT2D eigenvalue weighted by Gasteiger charge is 2.52. The van der Waals surface area contributed by atoms with E-state index >= 15 is 0 Å². The van der Waals surface area contributed by atoms with Gasteiger partial charge < -0.3 is 19.1 Å². The standard InChI is InChI=1S/C19H32N2O4/c1-13(2)19-7-6-15(21(19)9-14(3)8-19)12-25-18(22)20-10-16(23-4)17(11-20)24-5/h13,15-17H,3,6-12H2,1-2,4-5H3. The first-order valence-electron chi connectivity index (χ1n) is 9.32. The van der Waals surface area contributed by atoms with Gasteiger partial charge in [-0.05, 0) is 25.2 Å². The van der Waals surface area contributed by atoms with Crippen LogP contribution < -0.4 is 0 Å². The average molecular weight is 352 g/mol. The van der Waals surface area contributed by atoms with Crippen molar-refractivity contribution in [3.05, 3.63) is 12.2 Å². The van der Waals surface area contributed by atoms with Crippen LogP contribution in [0.2, 0.25) is 0 Å². The van der Waals surface area contributed by atoms with Crippen LogP contribution in [0.25, 0.3) is 0 Å². The number of likely N-dealkylation sites (tertiary alicyclic amines) is 1. The highest BCUT2D eigenvalue weighted by atomic mass is 16.6. The van der Waals surface area contributed by atoms with Gasteiger partial charge in [0, 0.05) is 32.3 Å². The summed E-state index contributed by atoms with van der Waals surface area (Å²) in [7, 11) is 3.30. The Bertz CT molecular complexity index is 512. The van der Waals surface area contributed by atoms with Crippen molar-refractivity contribution in [1.29, 1.82) is 0 Å². The summed E-state index contributed by atoms with van der Waals surface area (Å²) < 4.78 is 16.4. The fourth-order valence-corrected chi connectivity index (χ4v) is 4.89. The maximum Gasteiger partial charge on any atom is 0.409 e. The lowest BCUT2D eigenvalue weighted by Crippen LogP contribution is -2.47. The van der Waals surface area contributed by atoms with Gasteiger partial charge in [0.1, 0.15) is 18.8 Å². The van der Waals surface area contributed by atoms with Crippen molar-refractivity contribution in [2.45, 2.75) is 56.9 Å². The van der Waals surface area contributed by atoms with Crippen molar-refractivity contribution in [3.8, 4) is 0 Å². The summed E-state index contributed by atoms with van der Waals surface area (Å²) in [6.07, 6.45) is 2.89. The molecule has 3 saturated heterocycles. The monoisotopic (exact) mass is 352 g/mol. The fraction of sp³-hybridized carbons (Fsp3) is 0.842. The number of carbonyl (C=O) groups excluding carboxylic acids is 1. The van der Waals surface area contributed by atoms with E-state index in [-0.39, 0.29) is 23.8 Å². The molecule has 1 amide bonds. The summed E-state index contributed by atoms with van der Waals surface area (Å²) in [6.45, 7) is 11.2. The van der Waals surface area contributed by atoms with Crippen molar-refractivity contribution >= 4 is 6.09 Å². The van der Waals surface area contributed by atoms with E-state index in [0.717, 1.165) is 25.8 Å². The minimum atomic E-state index is -0.262. The molecule has 0 spiro atoms. The lowest BCUT2D eigenvalue weighted by molar-refractivity contribution is -0.00461. The summed E-state index contributed by atoms with van der Waals surface area (Å²) in [5.41, 5.74) is 1.51. The number of carbonyl (C=O) groups is 1. The molecule has 3 fully saturated rings. The quantitative estimate of drug-likeness (QED) is 0.711. The van der Waals surface area contributed by atoms with Crippen molar-refractivity contribution in [2.75, 3.05) is 40.5 Å². The van der Waals surface area contributed by atoms with Crippen LogP contribution in [0.5, 0.6) is 0 Å². The van der Waals surface area contributed by atoms with Crippen LogP contribution in [0, 0.1) is 5.92 Å². The molecular formula is C19H32N2O4. The first-order valence-corrected chi connectivity index (χ1v) is 9.32. The van der Waals surface area contributed by atoms with Crippen LogP contribution >= 0.6 is 0 Å². The van der Waals surface area contributed by atoms with E-state index < -0.39 is 0 Å². The number of amides is 1. The van der Waals surface area contributed by atoms with Crippen LogP contribution in [0.15, 0.2) is 12.2 Å². The normalized spacial score (nSPS) is 35.6. The zero-order valence-corrected chi connectivity index (χ0v) is 16.0. The van der Waals surface area contributed by atoms with Crippen molar-refractivity contribution in [3.63, 3.8) is 0 Å². The molecule has 6 heteroatoms. The second-order valence-corrected chi connectivity index (χ2v) is 8.04. The van der Waals surface area contributed by atoms with Crippen LogP contribution in [0.1, 0.15) is 33.1 Å². The number of ether oxygens (including phenoxy) is 3. The zero-order chi connectivity index (χ0) is 18.2. The Labute approximate surface area is 151 Å². The van der Waals surface area contributed by atoms with E-state index in [2.05, 4.69) is 25.3 Å². The molecule has 0 N–H and O–H groups in total. The van der Waals surface area contributed by atoms with Crippen LogP contribution in [-0.2, 0) is 14.2 Å². The molecule has 3 aliphatic rings. The second-order valence-electron chi connectivity index (χ2n) is 8.04. The fourth-order valence-electron chi connectivity index (χ4n) is 4.89. The highest BCUT2D eigenvalue weighted by molar-refractivity contribution is 5.68. The Morgan fingerprint density at radius 3 is 2.48 bits per heavy atom. The van der Waals surface area contributed by atoms with E-state index in [0.29, 0.717) is 31.7 Å². The Morgan fingerprint density at radius 1 is 1.28 bits per heavy atom. The van der Waals surface area contributed by atoms with Gasteiger partial charge in [-0.15, -0.1) is 0 Å². The molecule has 0 aromatic heterocycles. The van der Waals surface area contributed by atoms with Crippen LogP contribution in [-0.4, -0.2) is 80.1 Å². The molecule has 3 aliphatic heterocycles. The molecule has 3 rings (SSSR count). The molecule has 0 aliphatic carbocycles. The van der Waals surface area contributed by atoms with Gasteiger partial charge in [0.15, 0.2) is 0 Å². The minimum absolute atomic E-state index is 0.0838. The predicted octanol–water partition coefficient (Wildman–Crippen LogP) is 2.29. The zero-order valence-electron chi connectivity index (χ0n) is 16.0. The van der Waals surface area contributed by atoms with E-state index in [4.69, 9.17) is 14.2 Å². The summed E-state index contributed by atoms with van der Waals surface area (Å²) in [6, 6.07) is 0.296. The van der Waals surface area contributed by atoms with Crippen LogP contribution in [0.3, 0.4) is 0 Å². The SMILES string of the molecule is C=C1CN2C(COC(=O)N3CC(OC)C(OC)C3)CCC2(C(C)C)C1. The molecule has 25 heavy (non-hydrogen) atoms. The average Bonchev–Trinajstić information content (AvgIpc) is 3.24. The maximum atomic E-state index is 12.5. The van der Waals surface area contributed by atoms with Crippen molar-refractivity contribution in [2.24, 2.45) is 5.92 Å². The van der Waals surface area contributed by atoms with Gasteiger partial charge in [-0.2, -0.15) is 0 Å². The van der Waals surface area contributed by atoms with Crippen molar-refractivity contribution in [1.82, 2.24) is 9.80 Å². The second kappa shape index (κ2) is 7.25. The largest absolute Gasteiger partial charge is 0.448 e. The molecule has 0 radical (unpaired) electrons. The number of fused-ring (bicyclic) bond motifs is 1. The summed E-state index contributed by atoms with van der Waals surface area (Å²) in [5.74, 6) is 0.580. The Morgan fingerprint density at radius 2 is 1.92 bits per heavy atom. The number of nitrogens with zero attached hydrogens (tertiary/aromatic N) is 2. The first-order chi connectivity index (χ1) is 11.9. The summed E-state index contributed by atoms with van der Waals surface area (Å²) >= 11 is 0. The number of rotatable bonds is 5. The molecule has 4 unspecified atom stereocenters. The lowest BCUT2D eigenvalue weighted by atomic mass is 9.82. The molecule has 0 aromatic carbocycles. The summed E-state index contributed by atoms with van der Waals surface area (Å²) in [5, 5.41) is 0. The number of hydrogen-bond donors (Lipinski definition) is 0. The third-order valence-electron chi connectivity index (χ3n) is 6.43. The molecule has 0 aromatic rings. The van der Waals surface area contributed by atoms with E-state index in [1.54, 1.807) is 19.1 Å². The van der Waals surface area contributed by atoms with Crippen molar-refractivity contribution < 1.29 is 19.0 Å². The third kappa shape index (κ3) is 3.32. The first kappa shape index (κ1) is 18.7. The highest BCUT2D eigenvalue weighted by Crippen LogP contribution is 2.48. The number of hydrogen-bond acceptors (Lipinski definition) is 5. The smallest absolute Gasteiger partial charge is 0.409 e. The Balaban J connectivity index is 1.56. The molecule has 4 atom stereocenters. The lowest BCUT2D eigenvalue weighted by Gasteiger charge is -2.38.